The molecule has 1 N–H and O–H groups in total. The lowest BCUT2D eigenvalue weighted by Crippen LogP contribution is -2.16. The number of rotatable bonds is 4. The van der Waals surface area contributed by atoms with Crippen LogP contribution in [0.4, 0.5) is 14.5 Å². The Morgan fingerprint density at radius 3 is 2.41 bits per heavy atom. The lowest BCUT2D eigenvalue weighted by molar-refractivity contribution is 0.543. The number of benzene rings is 1. The summed E-state index contributed by atoms with van der Waals surface area (Å²) in [7, 11) is 0. The first-order valence-corrected chi connectivity index (χ1v) is 6.11. The molecule has 0 heterocycles. The van der Waals surface area contributed by atoms with Gasteiger partial charge in [-0.25, -0.2) is 8.78 Å². The molecule has 17 heavy (non-hydrogen) atoms. The lowest BCUT2D eigenvalue weighted by Gasteiger charge is -2.14. The molecule has 5 heteroatoms. The number of anilines is 1. The summed E-state index contributed by atoms with van der Waals surface area (Å²) in [4.78, 5) is 0. The fourth-order valence-electron chi connectivity index (χ4n) is 1.75. The second-order valence-electron chi connectivity index (χ2n) is 4.43. The summed E-state index contributed by atoms with van der Waals surface area (Å²) in [5, 5.41) is 11.4. The zero-order valence-corrected chi connectivity index (χ0v) is 10.7. The van der Waals surface area contributed by atoms with Crippen molar-refractivity contribution in [1.82, 2.24) is 0 Å². The van der Waals surface area contributed by atoms with Crippen LogP contribution in [0.1, 0.15) is 19.3 Å². The highest BCUT2D eigenvalue weighted by atomic mass is 79.9. The Labute approximate surface area is 107 Å². The molecule has 1 aromatic rings. The maximum absolute atomic E-state index is 13.5. The molecule has 90 valence electrons. The molecule has 1 saturated carbocycles. The van der Waals surface area contributed by atoms with E-state index in [-0.39, 0.29) is 11.1 Å². The molecular formula is C12H11BrF2N2. The van der Waals surface area contributed by atoms with E-state index in [9.17, 15) is 8.78 Å². The normalized spacial score (nSPS) is 16.4. The molecule has 0 radical (unpaired) electrons. The van der Waals surface area contributed by atoms with E-state index < -0.39 is 11.6 Å². The Morgan fingerprint density at radius 1 is 1.35 bits per heavy atom. The van der Waals surface area contributed by atoms with E-state index in [0.717, 1.165) is 12.8 Å². The van der Waals surface area contributed by atoms with Crippen LogP contribution in [0.5, 0.6) is 0 Å². The maximum atomic E-state index is 13.5. The van der Waals surface area contributed by atoms with Gasteiger partial charge in [-0.05, 0) is 25.0 Å². The minimum Gasteiger partial charge on any atom is -0.380 e. The molecule has 0 spiro atoms. The van der Waals surface area contributed by atoms with Gasteiger partial charge in [0.1, 0.15) is 17.3 Å². The van der Waals surface area contributed by atoms with E-state index in [1.54, 1.807) is 0 Å². The third-order valence-corrected chi connectivity index (χ3v) is 3.52. The number of nitrogens with one attached hydrogen (secondary N) is 1. The molecule has 0 saturated heterocycles. The summed E-state index contributed by atoms with van der Waals surface area (Å²) in [5.41, 5.74) is -0.196. The Bertz CT molecular complexity index is 455. The van der Waals surface area contributed by atoms with Crippen LogP contribution < -0.4 is 5.32 Å². The molecular weight excluding hydrogens is 290 g/mol. The highest BCUT2D eigenvalue weighted by molar-refractivity contribution is 9.10. The van der Waals surface area contributed by atoms with Crippen molar-refractivity contribution < 1.29 is 8.78 Å². The van der Waals surface area contributed by atoms with Crippen LogP contribution in [0.2, 0.25) is 0 Å². The third kappa shape index (κ3) is 2.75. The van der Waals surface area contributed by atoms with E-state index >= 15 is 0 Å². The van der Waals surface area contributed by atoms with Gasteiger partial charge in [-0.2, -0.15) is 5.26 Å². The van der Waals surface area contributed by atoms with Crippen LogP contribution in [-0.2, 0) is 0 Å². The van der Waals surface area contributed by atoms with Crippen LogP contribution in [0.3, 0.4) is 0 Å². The smallest absolute Gasteiger partial charge is 0.150 e. The van der Waals surface area contributed by atoms with Crippen molar-refractivity contribution in [1.29, 1.82) is 5.26 Å². The second kappa shape index (κ2) is 4.61. The van der Waals surface area contributed by atoms with E-state index in [2.05, 4.69) is 27.3 Å². The van der Waals surface area contributed by atoms with Gasteiger partial charge >= 0.3 is 0 Å². The first-order valence-electron chi connectivity index (χ1n) is 5.32. The van der Waals surface area contributed by atoms with Crippen LogP contribution in [0, 0.1) is 28.4 Å². The SMILES string of the molecule is N#CCC1(CNc2c(F)cc(Br)cc2F)CC1. The molecule has 0 amide bonds. The van der Waals surface area contributed by atoms with Gasteiger partial charge in [-0.15, -0.1) is 0 Å². The third-order valence-electron chi connectivity index (χ3n) is 3.06. The molecule has 0 aromatic heterocycles. The molecule has 2 rings (SSSR count). The van der Waals surface area contributed by atoms with Gasteiger partial charge in [0.05, 0.1) is 6.07 Å². The molecule has 1 aliphatic rings. The predicted molar refractivity (Wildman–Crippen MR) is 64.4 cm³/mol. The van der Waals surface area contributed by atoms with Gasteiger partial charge < -0.3 is 5.32 Å². The maximum Gasteiger partial charge on any atom is 0.150 e. The lowest BCUT2D eigenvalue weighted by atomic mass is 10.0. The van der Waals surface area contributed by atoms with Crippen molar-refractivity contribution in [2.75, 3.05) is 11.9 Å². The number of hydrogen-bond donors (Lipinski definition) is 1. The Balaban J connectivity index is 2.07. The van der Waals surface area contributed by atoms with Crippen LogP contribution in [-0.4, -0.2) is 6.54 Å². The topological polar surface area (TPSA) is 35.8 Å². The quantitative estimate of drug-likeness (QED) is 0.917. The monoisotopic (exact) mass is 300 g/mol. The molecule has 1 aliphatic carbocycles. The Kier molecular flexibility index (Phi) is 3.34. The summed E-state index contributed by atoms with van der Waals surface area (Å²) in [6.45, 7) is 0.441. The highest BCUT2D eigenvalue weighted by Crippen LogP contribution is 2.48. The first kappa shape index (κ1) is 12.3. The fraction of sp³-hybridized carbons (Fsp3) is 0.417. The molecule has 0 bridgehead atoms. The van der Waals surface area contributed by atoms with Gasteiger partial charge in [-0.1, -0.05) is 15.9 Å². The average molecular weight is 301 g/mol. The van der Waals surface area contributed by atoms with Crippen molar-refractivity contribution >= 4 is 21.6 Å². The summed E-state index contributed by atoms with van der Waals surface area (Å²) in [6, 6.07) is 4.55. The van der Waals surface area contributed by atoms with Crippen LogP contribution in [0.15, 0.2) is 16.6 Å². The van der Waals surface area contributed by atoms with Crippen molar-refractivity contribution in [2.45, 2.75) is 19.3 Å². The van der Waals surface area contributed by atoms with E-state index in [1.807, 2.05) is 0 Å². The minimum atomic E-state index is -0.621. The van der Waals surface area contributed by atoms with Crippen molar-refractivity contribution in [3.05, 3.63) is 28.2 Å². The van der Waals surface area contributed by atoms with Crippen molar-refractivity contribution in [2.24, 2.45) is 5.41 Å². The van der Waals surface area contributed by atoms with Crippen LogP contribution >= 0.6 is 15.9 Å². The fourth-order valence-corrected chi connectivity index (χ4v) is 2.15. The largest absolute Gasteiger partial charge is 0.380 e. The average Bonchev–Trinajstić information content (AvgIpc) is 2.97. The van der Waals surface area contributed by atoms with E-state index in [0.29, 0.717) is 17.4 Å². The van der Waals surface area contributed by atoms with Crippen molar-refractivity contribution in [3.63, 3.8) is 0 Å². The zero-order valence-electron chi connectivity index (χ0n) is 9.06. The summed E-state index contributed by atoms with van der Waals surface area (Å²) in [6.07, 6.45) is 2.31. The van der Waals surface area contributed by atoms with Crippen LogP contribution in [0.25, 0.3) is 0 Å². The number of halogens is 3. The highest BCUT2D eigenvalue weighted by Gasteiger charge is 2.42. The molecule has 0 atom stereocenters. The van der Waals surface area contributed by atoms with Gasteiger partial charge in [0.25, 0.3) is 0 Å². The number of nitriles is 1. The first-order chi connectivity index (χ1) is 8.06. The number of nitrogens with zero attached hydrogens (tertiary/aromatic N) is 1. The Morgan fingerprint density at radius 2 is 1.94 bits per heavy atom. The van der Waals surface area contributed by atoms with E-state index in [1.165, 1.54) is 12.1 Å². The summed E-state index contributed by atoms with van der Waals surface area (Å²) in [5.74, 6) is -1.24. The van der Waals surface area contributed by atoms with Gasteiger partial charge in [0.2, 0.25) is 0 Å². The van der Waals surface area contributed by atoms with E-state index in [4.69, 9.17) is 5.26 Å². The second-order valence-corrected chi connectivity index (χ2v) is 5.35. The standard InChI is InChI=1S/C12H11BrF2N2/c13-8-5-9(14)11(10(15)6-8)17-7-12(1-2-12)3-4-16/h5-6,17H,1-3,7H2. The molecule has 2 nitrogen and oxygen atoms in total. The molecule has 0 unspecified atom stereocenters. The minimum absolute atomic E-state index is 0.0826. The predicted octanol–water partition coefficient (Wildman–Crippen LogP) is 3.83. The Hall–Kier alpha value is -1.15. The molecule has 1 aromatic carbocycles. The van der Waals surface area contributed by atoms with Gasteiger partial charge in [0, 0.05) is 22.9 Å². The molecule has 0 aliphatic heterocycles. The summed E-state index contributed by atoms with van der Waals surface area (Å²) < 4.78 is 27.4. The van der Waals surface area contributed by atoms with Crippen molar-refractivity contribution in [3.8, 4) is 6.07 Å². The van der Waals surface area contributed by atoms with Gasteiger partial charge in [0.15, 0.2) is 0 Å². The number of hydrogen-bond acceptors (Lipinski definition) is 2. The zero-order chi connectivity index (χ0) is 12.5. The summed E-state index contributed by atoms with van der Waals surface area (Å²) >= 11 is 3.02. The van der Waals surface area contributed by atoms with Gasteiger partial charge in [-0.3, -0.25) is 0 Å². The molecule has 1 fully saturated rings.